The van der Waals surface area contributed by atoms with E-state index in [9.17, 15) is 9.59 Å². The van der Waals surface area contributed by atoms with E-state index < -0.39 is 5.97 Å². The van der Waals surface area contributed by atoms with E-state index in [0.29, 0.717) is 0 Å². The van der Waals surface area contributed by atoms with E-state index in [2.05, 4.69) is 24.4 Å². The normalized spacial score (nSPS) is 11.6. The van der Waals surface area contributed by atoms with Gasteiger partial charge in [-0.15, -0.1) is 11.8 Å². The molecule has 1 amide bonds. The van der Waals surface area contributed by atoms with E-state index in [1.54, 1.807) is 0 Å². The summed E-state index contributed by atoms with van der Waals surface area (Å²) in [6, 6.07) is 17.6. The van der Waals surface area contributed by atoms with Crippen molar-refractivity contribution in [1.82, 2.24) is 5.32 Å². The average molecular weight is 357 g/mol. The number of hydrogen-bond acceptors (Lipinski definition) is 4. The maximum Gasteiger partial charge on any atom is 0.316 e. The molecule has 0 aliphatic heterocycles. The van der Waals surface area contributed by atoms with Crippen molar-refractivity contribution in [3.05, 3.63) is 65.7 Å². The van der Waals surface area contributed by atoms with Gasteiger partial charge in [0.1, 0.15) is 0 Å². The summed E-state index contributed by atoms with van der Waals surface area (Å²) in [7, 11) is 0. The molecule has 5 heteroatoms. The second-order valence-corrected chi connectivity index (χ2v) is 6.70. The van der Waals surface area contributed by atoms with E-state index in [-0.39, 0.29) is 24.3 Å². The lowest BCUT2D eigenvalue weighted by Gasteiger charge is -2.15. The van der Waals surface area contributed by atoms with Crippen molar-refractivity contribution in [2.45, 2.75) is 31.2 Å². The number of ether oxygens (including phenoxy) is 1. The molecule has 0 radical (unpaired) electrons. The number of carbonyl (C=O) groups is 2. The van der Waals surface area contributed by atoms with Gasteiger partial charge in [-0.2, -0.15) is 0 Å². The highest BCUT2D eigenvalue weighted by Gasteiger charge is 2.12. The van der Waals surface area contributed by atoms with Crippen LogP contribution in [0.5, 0.6) is 0 Å². The van der Waals surface area contributed by atoms with Gasteiger partial charge in [0.05, 0.1) is 11.8 Å². The highest BCUT2D eigenvalue weighted by atomic mass is 32.2. The predicted octanol–water partition coefficient (Wildman–Crippen LogP) is 3.76. The molecular formula is C20H23NO3S. The lowest BCUT2D eigenvalue weighted by atomic mass is 10.1. The highest BCUT2D eigenvalue weighted by molar-refractivity contribution is 8.00. The second kappa shape index (κ2) is 9.89. The minimum absolute atomic E-state index is 0.129. The van der Waals surface area contributed by atoms with Gasteiger partial charge in [0, 0.05) is 4.90 Å². The summed E-state index contributed by atoms with van der Waals surface area (Å²) in [5.74, 6) is -0.514. The van der Waals surface area contributed by atoms with E-state index >= 15 is 0 Å². The minimum Gasteiger partial charge on any atom is -0.455 e. The second-order valence-electron chi connectivity index (χ2n) is 5.65. The van der Waals surface area contributed by atoms with Gasteiger partial charge in [-0.05, 0) is 36.6 Å². The molecule has 2 rings (SSSR count). The van der Waals surface area contributed by atoms with E-state index in [4.69, 9.17) is 4.74 Å². The number of rotatable bonds is 8. The standard InChI is InChI=1S/C20H23NO3S/c1-3-16-9-11-17(12-10-16)15(2)21-19(22)13-24-20(23)14-25-18-7-5-4-6-8-18/h4-12,15H,3,13-14H2,1-2H3,(H,21,22)/t15-/m0/s1. The van der Waals surface area contributed by atoms with Crippen LogP contribution in [0.3, 0.4) is 0 Å². The third-order valence-electron chi connectivity index (χ3n) is 3.73. The van der Waals surface area contributed by atoms with Gasteiger partial charge < -0.3 is 10.1 Å². The van der Waals surface area contributed by atoms with Crippen LogP contribution < -0.4 is 5.32 Å². The first-order valence-corrected chi connectivity index (χ1v) is 9.28. The summed E-state index contributed by atoms with van der Waals surface area (Å²) in [6.07, 6.45) is 0.984. The Balaban J connectivity index is 1.71. The smallest absolute Gasteiger partial charge is 0.316 e. The number of hydrogen-bond donors (Lipinski definition) is 1. The van der Waals surface area contributed by atoms with Crippen molar-refractivity contribution < 1.29 is 14.3 Å². The molecule has 0 unspecified atom stereocenters. The zero-order valence-electron chi connectivity index (χ0n) is 14.5. The Morgan fingerprint density at radius 1 is 1.08 bits per heavy atom. The Morgan fingerprint density at radius 2 is 1.76 bits per heavy atom. The number of esters is 1. The van der Waals surface area contributed by atoms with Crippen molar-refractivity contribution in [1.29, 1.82) is 0 Å². The molecular weight excluding hydrogens is 334 g/mol. The summed E-state index contributed by atoms with van der Waals surface area (Å²) < 4.78 is 5.03. The van der Waals surface area contributed by atoms with Crippen LogP contribution in [0, 0.1) is 0 Å². The zero-order chi connectivity index (χ0) is 18.1. The van der Waals surface area contributed by atoms with E-state index in [1.165, 1.54) is 17.3 Å². The lowest BCUT2D eigenvalue weighted by molar-refractivity contribution is -0.146. The van der Waals surface area contributed by atoms with Crippen LogP contribution >= 0.6 is 11.8 Å². The topological polar surface area (TPSA) is 55.4 Å². The fourth-order valence-electron chi connectivity index (χ4n) is 2.26. The van der Waals surface area contributed by atoms with Crippen LogP contribution in [0.4, 0.5) is 0 Å². The molecule has 2 aromatic rings. The number of carbonyl (C=O) groups excluding carboxylic acids is 2. The van der Waals surface area contributed by atoms with Gasteiger partial charge in [0.2, 0.25) is 0 Å². The summed E-state index contributed by atoms with van der Waals surface area (Å²) in [5.41, 5.74) is 2.28. The number of thioether (sulfide) groups is 1. The van der Waals surface area contributed by atoms with Crippen molar-refractivity contribution in [3.8, 4) is 0 Å². The molecule has 0 heterocycles. The molecule has 1 atom stereocenters. The van der Waals surface area contributed by atoms with E-state index in [1.807, 2.05) is 49.4 Å². The number of aryl methyl sites for hydroxylation is 1. The van der Waals surface area contributed by atoms with Gasteiger partial charge in [-0.3, -0.25) is 9.59 Å². The van der Waals surface area contributed by atoms with Gasteiger partial charge in [0.15, 0.2) is 6.61 Å². The fourth-order valence-corrected chi connectivity index (χ4v) is 2.97. The van der Waals surface area contributed by atoms with Crippen LogP contribution in [0.15, 0.2) is 59.5 Å². The van der Waals surface area contributed by atoms with Gasteiger partial charge in [-0.25, -0.2) is 0 Å². The van der Waals surface area contributed by atoms with Crippen molar-refractivity contribution in [3.63, 3.8) is 0 Å². The molecule has 0 saturated carbocycles. The van der Waals surface area contributed by atoms with Gasteiger partial charge in [0.25, 0.3) is 5.91 Å². The van der Waals surface area contributed by atoms with Crippen LogP contribution in [0.2, 0.25) is 0 Å². The Kier molecular flexibility index (Phi) is 7.54. The molecule has 0 aliphatic carbocycles. The third-order valence-corrected chi connectivity index (χ3v) is 4.72. The summed E-state index contributed by atoms with van der Waals surface area (Å²) >= 11 is 1.39. The molecule has 0 aromatic heterocycles. The molecule has 0 spiro atoms. The molecule has 1 N–H and O–H groups in total. The average Bonchev–Trinajstić information content (AvgIpc) is 2.65. The van der Waals surface area contributed by atoms with Crippen molar-refractivity contribution >= 4 is 23.6 Å². The van der Waals surface area contributed by atoms with Crippen molar-refractivity contribution in [2.75, 3.05) is 12.4 Å². The highest BCUT2D eigenvalue weighted by Crippen LogP contribution is 2.17. The Labute approximate surface area is 153 Å². The van der Waals surface area contributed by atoms with Gasteiger partial charge in [-0.1, -0.05) is 49.4 Å². The first-order valence-electron chi connectivity index (χ1n) is 8.30. The molecule has 2 aromatic carbocycles. The Morgan fingerprint density at radius 3 is 2.40 bits per heavy atom. The predicted molar refractivity (Wildman–Crippen MR) is 101 cm³/mol. The quantitative estimate of drug-likeness (QED) is 0.577. The molecule has 0 fully saturated rings. The Bertz CT molecular complexity index is 686. The summed E-state index contributed by atoms with van der Waals surface area (Å²) in [5, 5.41) is 2.84. The van der Waals surface area contributed by atoms with Crippen molar-refractivity contribution in [2.24, 2.45) is 0 Å². The maximum atomic E-state index is 11.9. The first-order chi connectivity index (χ1) is 12.1. The van der Waals surface area contributed by atoms with Crippen LogP contribution in [0.1, 0.15) is 31.0 Å². The lowest BCUT2D eigenvalue weighted by Crippen LogP contribution is -2.31. The zero-order valence-corrected chi connectivity index (χ0v) is 15.3. The Hall–Kier alpha value is -2.27. The number of amides is 1. The van der Waals surface area contributed by atoms with E-state index in [0.717, 1.165) is 16.9 Å². The van der Waals surface area contributed by atoms with Gasteiger partial charge >= 0.3 is 5.97 Å². The molecule has 4 nitrogen and oxygen atoms in total. The van der Waals surface area contributed by atoms with Crippen LogP contribution in [0.25, 0.3) is 0 Å². The number of nitrogens with one attached hydrogen (secondary N) is 1. The first kappa shape index (κ1) is 19.1. The van der Waals surface area contributed by atoms with Crippen LogP contribution in [-0.4, -0.2) is 24.2 Å². The SMILES string of the molecule is CCc1ccc([C@H](C)NC(=O)COC(=O)CSc2ccccc2)cc1. The fraction of sp³-hybridized carbons (Fsp3) is 0.300. The molecule has 0 saturated heterocycles. The monoisotopic (exact) mass is 357 g/mol. The molecule has 0 bridgehead atoms. The molecule has 0 aliphatic rings. The molecule has 25 heavy (non-hydrogen) atoms. The summed E-state index contributed by atoms with van der Waals surface area (Å²) in [6.45, 7) is 3.75. The summed E-state index contributed by atoms with van der Waals surface area (Å²) in [4.78, 5) is 24.7. The molecule has 132 valence electrons. The number of benzene rings is 2. The van der Waals surface area contributed by atoms with Crippen LogP contribution in [-0.2, 0) is 20.7 Å². The minimum atomic E-state index is -0.399. The third kappa shape index (κ3) is 6.63. The maximum absolute atomic E-state index is 11.9. The largest absolute Gasteiger partial charge is 0.455 e.